The normalized spacial score (nSPS) is 26.4. The number of carbonyl (C=O) groups is 1. The van der Waals surface area contributed by atoms with Crippen LogP contribution in [0.25, 0.3) is 0 Å². The standard InChI is InChI=1S/C13H23FN2O3S/c1-2-5-15-6-3-11(4-7-15)9-16-10-12(8-13(16)17)20(14,18)19/h11-12H,2-10H2,1H3. The lowest BCUT2D eigenvalue weighted by molar-refractivity contribution is -0.128. The van der Waals surface area contributed by atoms with Crippen LogP contribution in [0.4, 0.5) is 3.89 Å². The maximum Gasteiger partial charge on any atom is 0.307 e. The van der Waals surface area contributed by atoms with Crippen LogP contribution in [-0.4, -0.2) is 62.1 Å². The molecule has 0 aromatic carbocycles. The van der Waals surface area contributed by atoms with Crippen LogP contribution in [0.15, 0.2) is 0 Å². The van der Waals surface area contributed by atoms with Crippen LogP contribution < -0.4 is 0 Å². The van der Waals surface area contributed by atoms with Crippen LogP contribution in [0.5, 0.6) is 0 Å². The van der Waals surface area contributed by atoms with Crippen molar-refractivity contribution < 1.29 is 17.1 Å². The summed E-state index contributed by atoms with van der Waals surface area (Å²) < 4.78 is 34.7. The van der Waals surface area contributed by atoms with Gasteiger partial charge < -0.3 is 9.80 Å². The molecule has 0 radical (unpaired) electrons. The highest BCUT2D eigenvalue weighted by atomic mass is 32.3. The molecule has 0 N–H and O–H groups in total. The molecule has 2 heterocycles. The summed E-state index contributed by atoms with van der Waals surface area (Å²) in [6, 6.07) is 0. The van der Waals surface area contributed by atoms with Crippen LogP contribution in [0.3, 0.4) is 0 Å². The van der Waals surface area contributed by atoms with Gasteiger partial charge in [-0.15, -0.1) is 3.89 Å². The summed E-state index contributed by atoms with van der Waals surface area (Å²) in [6.07, 6.45) is 2.99. The fourth-order valence-electron chi connectivity index (χ4n) is 3.12. The number of rotatable bonds is 5. The molecule has 1 atom stereocenters. The van der Waals surface area contributed by atoms with Crippen molar-refractivity contribution >= 4 is 16.1 Å². The molecule has 1 amide bonds. The molecule has 1 unspecified atom stereocenters. The van der Waals surface area contributed by atoms with E-state index >= 15 is 0 Å². The fraction of sp³-hybridized carbons (Fsp3) is 0.923. The van der Waals surface area contributed by atoms with E-state index in [1.54, 1.807) is 0 Å². The average molecular weight is 306 g/mol. The van der Waals surface area contributed by atoms with Gasteiger partial charge in [-0.1, -0.05) is 6.92 Å². The van der Waals surface area contributed by atoms with Crippen LogP contribution in [-0.2, 0) is 15.0 Å². The molecule has 0 spiro atoms. The molecule has 0 saturated carbocycles. The van der Waals surface area contributed by atoms with Crippen molar-refractivity contribution in [3.8, 4) is 0 Å². The van der Waals surface area contributed by atoms with Crippen molar-refractivity contribution in [1.29, 1.82) is 0 Å². The molecule has 116 valence electrons. The van der Waals surface area contributed by atoms with Crippen LogP contribution >= 0.6 is 0 Å². The second-order valence-corrected chi connectivity index (χ2v) is 7.50. The molecule has 2 fully saturated rings. The number of nitrogens with zero attached hydrogens (tertiary/aromatic N) is 2. The van der Waals surface area contributed by atoms with Crippen molar-refractivity contribution in [3.05, 3.63) is 0 Å². The summed E-state index contributed by atoms with van der Waals surface area (Å²) in [4.78, 5) is 15.7. The third-order valence-corrected chi connectivity index (χ3v) is 5.41. The van der Waals surface area contributed by atoms with E-state index in [-0.39, 0.29) is 18.9 Å². The van der Waals surface area contributed by atoms with Gasteiger partial charge in [-0.05, 0) is 44.8 Å². The number of piperidine rings is 1. The third-order valence-electron chi connectivity index (χ3n) is 4.30. The molecule has 2 aliphatic rings. The SMILES string of the molecule is CCCN1CCC(CN2CC(S(=O)(=O)F)CC2=O)CC1. The second-order valence-electron chi connectivity index (χ2n) is 5.89. The molecular formula is C13H23FN2O3S. The maximum absolute atomic E-state index is 12.9. The number of amides is 1. The van der Waals surface area contributed by atoms with Gasteiger partial charge in [0.1, 0.15) is 5.25 Å². The summed E-state index contributed by atoms with van der Waals surface area (Å²) in [6.45, 7) is 5.93. The zero-order valence-corrected chi connectivity index (χ0v) is 12.7. The Bertz CT molecular complexity index is 447. The zero-order valence-electron chi connectivity index (χ0n) is 11.9. The Balaban J connectivity index is 1.82. The Hall–Kier alpha value is -0.690. The number of carbonyl (C=O) groups excluding carboxylic acids is 1. The first-order chi connectivity index (χ1) is 9.40. The minimum atomic E-state index is -4.60. The number of hydrogen-bond donors (Lipinski definition) is 0. The van der Waals surface area contributed by atoms with Crippen molar-refractivity contribution in [2.75, 3.05) is 32.7 Å². The Labute approximate surface area is 120 Å². The first-order valence-electron chi connectivity index (χ1n) is 7.33. The van der Waals surface area contributed by atoms with Crippen LogP contribution in [0.2, 0.25) is 0 Å². The lowest BCUT2D eigenvalue weighted by atomic mass is 9.96. The molecule has 2 rings (SSSR count). The third kappa shape index (κ3) is 3.91. The molecule has 0 aromatic rings. The Morgan fingerprint density at radius 3 is 2.45 bits per heavy atom. The lowest BCUT2D eigenvalue weighted by Crippen LogP contribution is -2.39. The molecule has 20 heavy (non-hydrogen) atoms. The minimum Gasteiger partial charge on any atom is -0.341 e. The smallest absolute Gasteiger partial charge is 0.307 e. The molecule has 7 heteroatoms. The highest BCUT2D eigenvalue weighted by Crippen LogP contribution is 2.24. The predicted octanol–water partition coefficient (Wildman–Crippen LogP) is 1.01. The largest absolute Gasteiger partial charge is 0.341 e. The van der Waals surface area contributed by atoms with Gasteiger partial charge in [0.05, 0.1) is 0 Å². The van der Waals surface area contributed by atoms with E-state index in [4.69, 9.17) is 0 Å². The van der Waals surface area contributed by atoms with E-state index in [1.807, 2.05) is 0 Å². The van der Waals surface area contributed by atoms with E-state index in [2.05, 4.69) is 11.8 Å². The average Bonchev–Trinajstić information content (AvgIpc) is 2.74. The van der Waals surface area contributed by atoms with Gasteiger partial charge in [0, 0.05) is 19.5 Å². The Morgan fingerprint density at radius 2 is 1.95 bits per heavy atom. The van der Waals surface area contributed by atoms with E-state index in [0.717, 1.165) is 38.9 Å². The van der Waals surface area contributed by atoms with Crippen molar-refractivity contribution in [1.82, 2.24) is 9.80 Å². The van der Waals surface area contributed by atoms with E-state index in [9.17, 15) is 17.1 Å². The van der Waals surface area contributed by atoms with Crippen LogP contribution in [0, 0.1) is 5.92 Å². The molecule has 0 aliphatic carbocycles. The Kier molecular flexibility index (Phi) is 5.01. The monoisotopic (exact) mass is 306 g/mol. The van der Waals surface area contributed by atoms with Gasteiger partial charge in [-0.25, -0.2) is 0 Å². The van der Waals surface area contributed by atoms with Gasteiger partial charge in [-0.3, -0.25) is 4.79 Å². The summed E-state index contributed by atoms with van der Waals surface area (Å²) >= 11 is 0. The summed E-state index contributed by atoms with van der Waals surface area (Å²) in [5, 5.41) is -1.16. The Morgan fingerprint density at radius 1 is 1.30 bits per heavy atom. The summed E-state index contributed by atoms with van der Waals surface area (Å²) in [7, 11) is -4.60. The lowest BCUT2D eigenvalue weighted by Gasteiger charge is -2.33. The van der Waals surface area contributed by atoms with Gasteiger partial charge in [0.15, 0.2) is 0 Å². The highest BCUT2D eigenvalue weighted by molar-refractivity contribution is 7.87. The quantitative estimate of drug-likeness (QED) is 0.711. The van der Waals surface area contributed by atoms with E-state index in [0.29, 0.717) is 12.5 Å². The predicted molar refractivity (Wildman–Crippen MR) is 74.5 cm³/mol. The summed E-state index contributed by atoms with van der Waals surface area (Å²) in [5.74, 6) is 0.181. The molecule has 0 aromatic heterocycles. The minimum absolute atomic E-state index is 0.0207. The van der Waals surface area contributed by atoms with E-state index < -0.39 is 15.5 Å². The molecular weight excluding hydrogens is 283 g/mol. The first kappa shape index (κ1) is 15.7. The van der Waals surface area contributed by atoms with Crippen molar-refractivity contribution in [3.63, 3.8) is 0 Å². The van der Waals surface area contributed by atoms with Gasteiger partial charge in [-0.2, -0.15) is 8.42 Å². The number of likely N-dealkylation sites (tertiary alicyclic amines) is 2. The highest BCUT2D eigenvalue weighted by Gasteiger charge is 2.39. The van der Waals surface area contributed by atoms with Gasteiger partial charge in [0.2, 0.25) is 5.91 Å². The van der Waals surface area contributed by atoms with Crippen LogP contribution in [0.1, 0.15) is 32.6 Å². The molecule has 5 nitrogen and oxygen atoms in total. The topological polar surface area (TPSA) is 57.7 Å². The summed E-state index contributed by atoms with van der Waals surface area (Å²) in [5.41, 5.74) is 0. The number of hydrogen-bond acceptors (Lipinski definition) is 4. The molecule has 2 aliphatic heterocycles. The first-order valence-corrected chi connectivity index (χ1v) is 8.78. The van der Waals surface area contributed by atoms with Crippen molar-refractivity contribution in [2.24, 2.45) is 5.92 Å². The van der Waals surface area contributed by atoms with Gasteiger partial charge in [0.25, 0.3) is 0 Å². The molecule has 0 bridgehead atoms. The fourth-order valence-corrected chi connectivity index (χ4v) is 3.82. The zero-order chi connectivity index (χ0) is 14.8. The van der Waals surface area contributed by atoms with E-state index in [1.165, 1.54) is 4.90 Å². The molecule has 2 saturated heterocycles. The second kappa shape index (κ2) is 6.39. The number of halogens is 1. The maximum atomic E-state index is 12.9. The van der Waals surface area contributed by atoms with Crippen molar-refractivity contribution in [2.45, 2.75) is 37.9 Å². The van der Waals surface area contributed by atoms with Gasteiger partial charge >= 0.3 is 10.2 Å².